The molecule has 1 aromatic heterocycles. The SMILES string of the molecule is CCC(C)(C(NC)c1cncc2ccccc12)N(C)C. The van der Waals surface area contributed by atoms with Gasteiger partial charge < -0.3 is 10.2 Å². The smallest absolute Gasteiger partial charge is 0.0523 e. The third kappa shape index (κ3) is 2.43. The molecule has 0 aliphatic heterocycles. The van der Waals surface area contributed by atoms with Crippen LogP contribution in [-0.4, -0.2) is 36.6 Å². The second-order valence-electron chi connectivity index (χ2n) is 5.78. The van der Waals surface area contributed by atoms with Crippen LogP contribution in [0.3, 0.4) is 0 Å². The van der Waals surface area contributed by atoms with Gasteiger partial charge >= 0.3 is 0 Å². The summed E-state index contributed by atoms with van der Waals surface area (Å²) in [6, 6.07) is 8.70. The van der Waals surface area contributed by atoms with Crippen molar-refractivity contribution in [1.29, 1.82) is 0 Å². The zero-order valence-corrected chi connectivity index (χ0v) is 13.1. The number of nitrogens with zero attached hydrogens (tertiary/aromatic N) is 2. The average Bonchev–Trinajstić information content (AvgIpc) is 2.47. The molecule has 3 nitrogen and oxygen atoms in total. The van der Waals surface area contributed by atoms with Crippen molar-refractivity contribution in [2.45, 2.75) is 31.8 Å². The van der Waals surface area contributed by atoms with Crippen molar-refractivity contribution in [3.63, 3.8) is 0 Å². The highest BCUT2D eigenvalue weighted by molar-refractivity contribution is 5.85. The first-order valence-electron chi connectivity index (χ1n) is 7.22. The third-order valence-corrected chi connectivity index (χ3v) is 4.66. The number of benzene rings is 1. The van der Waals surface area contributed by atoms with Crippen molar-refractivity contribution in [3.8, 4) is 0 Å². The molecule has 0 aliphatic carbocycles. The second kappa shape index (κ2) is 5.90. The van der Waals surface area contributed by atoms with E-state index >= 15 is 0 Å². The Hall–Kier alpha value is -1.45. The van der Waals surface area contributed by atoms with E-state index in [-0.39, 0.29) is 11.6 Å². The Morgan fingerprint density at radius 1 is 1.25 bits per heavy atom. The summed E-state index contributed by atoms with van der Waals surface area (Å²) in [6.07, 6.45) is 5.00. The fourth-order valence-electron chi connectivity index (χ4n) is 2.95. The standard InChI is InChI=1S/C17H25N3/c1-6-17(2,20(4)5)16(18-3)15-12-19-11-13-9-7-8-10-14(13)15/h7-12,16,18H,6H2,1-5H3. The quantitative estimate of drug-likeness (QED) is 0.905. The van der Waals surface area contributed by atoms with Crippen LogP contribution >= 0.6 is 0 Å². The maximum atomic E-state index is 4.43. The number of hydrogen-bond acceptors (Lipinski definition) is 3. The number of rotatable bonds is 5. The van der Waals surface area contributed by atoms with E-state index in [1.54, 1.807) is 0 Å². The van der Waals surface area contributed by atoms with Gasteiger partial charge in [0, 0.05) is 23.3 Å². The van der Waals surface area contributed by atoms with E-state index in [1.165, 1.54) is 16.3 Å². The second-order valence-corrected chi connectivity index (χ2v) is 5.78. The zero-order chi connectivity index (χ0) is 14.8. The number of hydrogen-bond donors (Lipinski definition) is 1. The summed E-state index contributed by atoms with van der Waals surface area (Å²) in [5.74, 6) is 0. The van der Waals surface area contributed by atoms with Gasteiger partial charge in [0.15, 0.2) is 0 Å². The van der Waals surface area contributed by atoms with E-state index in [2.05, 4.69) is 67.4 Å². The van der Waals surface area contributed by atoms with Crippen LogP contribution < -0.4 is 5.32 Å². The van der Waals surface area contributed by atoms with E-state index in [0.717, 1.165) is 6.42 Å². The minimum atomic E-state index is 0.0422. The van der Waals surface area contributed by atoms with Gasteiger partial charge in [-0.1, -0.05) is 31.2 Å². The number of nitrogens with one attached hydrogen (secondary N) is 1. The fourth-order valence-corrected chi connectivity index (χ4v) is 2.95. The highest BCUT2D eigenvalue weighted by Gasteiger charge is 2.35. The predicted molar refractivity (Wildman–Crippen MR) is 85.9 cm³/mol. The van der Waals surface area contributed by atoms with E-state index in [0.29, 0.717) is 0 Å². The Kier molecular flexibility index (Phi) is 4.41. The van der Waals surface area contributed by atoms with Crippen molar-refractivity contribution in [3.05, 3.63) is 42.2 Å². The molecule has 0 aliphatic rings. The molecule has 2 aromatic rings. The fraction of sp³-hybridized carbons (Fsp3) is 0.471. The molecule has 20 heavy (non-hydrogen) atoms. The predicted octanol–water partition coefficient (Wildman–Crippen LogP) is 3.23. The third-order valence-electron chi connectivity index (χ3n) is 4.66. The monoisotopic (exact) mass is 271 g/mol. The first-order valence-corrected chi connectivity index (χ1v) is 7.22. The van der Waals surface area contributed by atoms with Crippen LogP contribution in [0.5, 0.6) is 0 Å². The molecule has 0 saturated carbocycles. The number of likely N-dealkylation sites (N-methyl/N-ethyl adjacent to an activating group) is 2. The summed E-state index contributed by atoms with van der Waals surface area (Å²) in [5, 5.41) is 5.98. The van der Waals surface area contributed by atoms with Gasteiger partial charge in [0.25, 0.3) is 0 Å². The molecule has 0 amide bonds. The molecule has 0 fully saturated rings. The van der Waals surface area contributed by atoms with Crippen molar-refractivity contribution in [1.82, 2.24) is 15.2 Å². The molecule has 0 saturated heterocycles. The molecule has 0 bridgehead atoms. The van der Waals surface area contributed by atoms with Crippen LogP contribution in [0.1, 0.15) is 31.9 Å². The van der Waals surface area contributed by atoms with E-state index in [4.69, 9.17) is 0 Å². The van der Waals surface area contributed by atoms with Crippen LogP contribution in [0.4, 0.5) is 0 Å². The lowest BCUT2D eigenvalue weighted by Gasteiger charge is -2.43. The van der Waals surface area contributed by atoms with Crippen molar-refractivity contribution < 1.29 is 0 Å². The van der Waals surface area contributed by atoms with Gasteiger partial charge in [-0.3, -0.25) is 4.98 Å². The topological polar surface area (TPSA) is 28.2 Å². The summed E-state index contributed by atoms with van der Waals surface area (Å²) in [7, 11) is 6.32. The summed E-state index contributed by atoms with van der Waals surface area (Å²) in [5.41, 5.74) is 1.31. The summed E-state index contributed by atoms with van der Waals surface area (Å²) >= 11 is 0. The summed E-state index contributed by atoms with van der Waals surface area (Å²) in [4.78, 5) is 6.73. The van der Waals surface area contributed by atoms with Crippen molar-refractivity contribution in [2.75, 3.05) is 21.1 Å². The van der Waals surface area contributed by atoms with E-state index in [1.807, 2.05) is 19.4 Å². The number of aromatic nitrogens is 1. The highest BCUT2D eigenvalue weighted by Crippen LogP contribution is 2.35. The van der Waals surface area contributed by atoms with E-state index < -0.39 is 0 Å². The van der Waals surface area contributed by atoms with Gasteiger partial charge in [0.1, 0.15) is 0 Å². The van der Waals surface area contributed by atoms with Crippen LogP contribution in [0.15, 0.2) is 36.7 Å². The highest BCUT2D eigenvalue weighted by atomic mass is 15.2. The minimum Gasteiger partial charge on any atom is -0.311 e. The van der Waals surface area contributed by atoms with Crippen molar-refractivity contribution in [2.24, 2.45) is 0 Å². The molecule has 2 unspecified atom stereocenters. The lowest BCUT2D eigenvalue weighted by molar-refractivity contribution is 0.117. The Morgan fingerprint density at radius 3 is 2.55 bits per heavy atom. The Morgan fingerprint density at radius 2 is 1.95 bits per heavy atom. The lowest BCUT2D eigenvalue weighted by atomic mass is 9.82. The molecule has 0 radical (unpaired) electrons. The van der Waals surface area contributed by atoms with Gasteiger partial charge in [-0.2, -0.15) is 0 Å². The molecule has 0 spiro atoms. The van der Waals surface area contributed by atoms with Crippen LogP contribution in [0.25, 0.3) is 10.8 Å². The number of pyridine rings is 1. The zero-order valence-electron chi connectivity index (χ0n) is 13.1. The molecule has 1 aromatic carbocycles. The molecular formula is C17H25N3. The van der Waals surface area contributed by atoms with Gasteiger partial charge in [-0.25, -0.2) is 0 Å². The largest absolute Gasteiger partial charge is 0.311 e. The maximum Gasteiger partial charge on any atom is 0.0523 e. The lowest BCUT2D eigenvalue weighted by Crippen LogP contribution is -2.50. The Balaban J connectivity index is 2.60. The summed E-state index contributed by atoms with van der Waals surface area (Å²) in [6.45, 7) is 4.54. The van der Waals surface area contributed by atoms with Gasteiger partial charge in [0.2, 0.25) is 0 Å². The first kappa shape index (κ1) is 14.9. The molecule has 1 N–H and O–H groups in total. The molecular weight excluding hydrogens is 246 g/mol. The Labute approximate surface area is 122 Å². The van der Waals surface area contributed by atoms with Crippen LogP contribution in [0, 0.1) is 0 Å². The average molecular weight is 271 g/mol. The van der Waals surface area contributed by atoms with Crippen molar-refractivity contribution >= 4 is 10.8 Å². The van der Waals surface area contributed by atoms with Crippen LogP contribution in [0.2, 0.25) is 0 Å². The molecule has 1 heterocycles. The molecule has 108 valence electrons. The van der Waals surface area contributed by atoms with Gasteiger partial charge in [0.05, 0.1) is 6.04 Å². The summed E-state index contributed by atoms with van der Waals surface area (Å²) < 4.78 is 0. The first-order chi connectivity index (χ1) is 9.54. The maximum absolute atomic E-state index is 4.43. The molecule has 3 heteroatoms. The van der Waals surface area contributed by atoms with Gasteiger partial charge in [-0.15, -0.1) is 0 Å². The van der Waals surface area contributed by atoms with Gasteiger partial charge in [-0.05, 0) is 45.4 Å². The normalized spacial score (nSPS) is 16.3. The minimum absolute atomic E-state index is 0.0422. The number of fused-ring (bicyclic) bond motifs is 1. The Bertz CT molecular complexity index is 574. The van der Waals surface area contributed by atoms with Crippen LogP contribution in [-0.2, 0) is 0 Å². The van der Waals surface area contributed by atoms with E-state index in [9.17, 15) is 0 Å². The molecule has 2 atom stereocenters. The molecule has 2 rings (SSSR count).